The van der Waals surface area contributed by atoms with E-state index in [-0.39, 0.29) is 6.10 Å². The third-order valence-electron chi connectivity index (χ3n) is 2.73. The average molecular weight is 241 g/mol. The molecule has 6 nitrogen and oxygen atoms in total. The zero-order valence-corrected chi connectivity index (χ0v) is 10.1. The molecule has 17 heavy (non-hydrogen) atoms. The van der Waals surface area contributed by atoms with Crippen LogP contribution >= 0.6 is 0 Å². The summed E-state index contributed by atoms with van der Waals surface area (Å²) in [6, 6.07) is 0.452. The number of ether oxygens (including phenoxy) is 2. The molecule has 0 amide bonds. The summed E-state index contributed by atoms with van der Waals surface area (Å²) in [5.74, 6) is 0.705. The first-order chi connectivity index (χ1) is 8.38. The van der Waals surface area contributed by atoms with Crippen LogP contribution < -0.4 is 5.32 Å². The fraction of sp³-hybridized carbons (Fsp3) is 0.818. The third-order valence-corrected chi connectivity index (χ3v) is 2.73. The fourth-order valence-corrected chi connectivity index (χ4v) is 1.84. The first-order valence-corrected chi connectivity index (χ1v) is 6.05. The Kier molecular flexibility index (Phi) is 4.75. The Morgan fingerprint density at radius 2 is 2.41 bits per heavy atom. The molecule has 96 valence electrons. The van der Waals surface area contributed by atoms with E-state index in [2.05, 4.69) is 15.5 Å². The third kappa shape index (κ3) is 3.98. The summed E-state index contributed by atoms with van der Waals surface area (Å²) in [5.41, 5.74) is 0. The van der Waals surface area contributed by atoms with Crippen LogP contribution in [0.1, 0.15) is 25.1 Å². The number of methoxy groups -OCH3 is 1. The Bertz CT molecular complexity index is 324. The van der Waals surface area contributed by atoms with E-state index in [4.69, 9.17) is 14.0 Å². The van der Waals surface area contributed by atoms with Gasteiger partial charge in [-0.3, -0.25) is 0 Å². The summed E-state index contributed by atoms with van der Waals surface area (Å²) in [6.07, 6.45) is 4.44. The van der Waals surface area contributed by atoms with Crippen molar-refractivity contribution >= 4 is 6.01 Å². The Morgan fingerprint density at radius 1 is 1.47 bits per heavy atom. The number of nitrogens with one attached hydrogen (secondary N) is 1. The molecule has 1 aliphatic heterocycles. The van der Waals surface area contributed by atoms with Crippen LogP contribution in [0.5, 0.6) is 0 Å². The standard InChI is InChI=1S/C11H19N3O3/c1-15-7-5-12-11-13-10(14-17-11)8-9-4-2-3-6-16-9/h9H,2-8H2,1H3,(H,12,13,14). The van der Waals surface area contributed by atoms with Crippen molar-refractivity contribution in [3.8, 4) is 0 Å². The highest BCUT2D eigenvalue weighted by Gasteiger charge is 2.17. The smallest absolute Gasteiger partial charge is 0.321 e. The molecule has 1 atom stereocenters. The summed E-state index contributed by atoms with van der Waals surface area (Å²) >= 11 is 0. The molecule has 0 saturated carbocycles. The van der Waals surface area contributed by atoms with E-state index in [1.165, 1.54) is 6.42 Å². The van der Waals surface area contributed by atoms with Crippen molar-refractivity contribution < 1.29 is 14.0 Å². The Labute approximate surface area is 101 Å². The van der Waals surface area contributed by atoms with Crippen molar-refractivity contribution in [3.05, 3.63) is 5.82 Å². The predicted octanol–water partition coefficient (Wildman–Crippen LogP) is 1.24. The zero-order valence-electron chi connectivity index (χ0n) is 10.1. The number of anilines is 1. The summed E-state index contributed by atoms with van der Waals surface area (Å²) in [6.45, 7) is 2.13. The van der Waals surface area contributed by atoms with Gasteiger partial charge >= 0.3 is 6.01 Å². The van der Waals surface area contributed by atoms with Gasteiger partial charge in [0.15, 0.2) is 5.82 Å². The fourth-order valence-electron chi connectivity index (χ4n) is 1.84. The summed E-state index contributed by atoms with van der Waals surface area (Å²) in [7, 11) is 1.65. The van der Waals surface area contributed by atoms with Gasteiger partial charge in [-0.1, -0.05) is 5.16 Å². The molecular formula is C11H19N3O3. The molecule has 0 aliphatic carbocycles. The Balaban J connectivity index is 1.76. The Morgan fingerprint density at radius 3 is 3.18 bits per heavy atom. The largest absolute Gasteiger partial charge is 0.383 e. The van der Waals surface area contributed by atoms with Gasteiger partial charge in [0.05, 0.1) is 12.7 Å². The maximum absolute atomic E-state index is 5.63. The second kappa shape index (κ2) is 6.56. The van der Waals surface area contributed by atoms with Crippen LogP contribution in [0.4, 0.5) is 6.01 Å². The lowest BCUT2D eigenvalue weighted by Gasteiger charge is -2.20. The van der Waals surface area contributed by atoms with Gasteiger partial charge in [-0.2, -0.15) is 4.98 Å². The van der Waals surface area contributed by atoms with Crippen LogP contribution in [0.25, 0.3) is 0 Å². The topological polar surface area (TPSA) is 69.4 Å². The van der Waals surface area contributed by atoms with Crippen LogP contribution in [0.3, 0.4) is 0 Å². The zero-order chi connectivity index (χ0) is 11.9. The molecule has 1 fully saturated rings. The van der Waals surface area contributed by atoms with Crippen LogP contribution in [0.15, 0.2) is 4.52 Å². The van der Waals surface area contributed by atoms with E-state index < -0.39 is 0 Å². The number of nitrogens with zero attached hydrogens (tertiary/aromatic N) is 2. The number of hydrogen-bond acceptors (Lipinski definition) is 6. The molecule has 0 bridgehead atoms. The van der Waals surface area contributed by atoms with Gasteiger partial charge in [-0.25, -0.2) is 0 Å². The van der Waals surface area contributed by atoms with Crippen molar-refractivity contribution in [1.82, 2.24) is 10.1 Å². The lowest BCUT2D eigenvalue weighted by atomic mass is 10.1. The van der Waals surface area contributed by atoms with E-state index in [9.17, 15) is 0 Å². The lowest BCUT2D eigenvalue weighted by molar-refractivity contribution is 0.0153. The van der Waals surface area contributed by atoms with Gasteiger partial charge < -0.3 is 19.3 Å². The van der Waals surface area contributed by atoms with E-state index in [0.717, 1.165) is 25.9 Å². The highest BCUT2D eigenvalue weighted by Crippen LogP contribution is 2.16. The minimum atomic E-state index is 0.244. The van der Waals surface area contributed by atoms with E-state index in [0.29, 0.717) is 25.0 Å². The second-order valence-corrected chi connectivity index (χ2v) is 4.13. The van der Waals surface area contributed by atoms with E-state index >= 15 is 0 Å². The molecule has 1 aromatic rings. The maximum Gasteiger partial charge on any atom is 0.321 e. The van der Waals surface area contributed by atoms with Gasteiger partial charge in [0.2, 0.25) is 0 Å². The van der Waals surface area contributed by atoms with Crippen molar-refractivity contribution in [2.24, 2.45) is 0 Å². The first kappa shape index (κ1) is 12.3. The van der Waals surface area contributed by atoms with E-state index in [1.54, 1.807) is 7.11 Å². The molecule has 1 N–H and O–H groups in total. The lowest BCUT2D eigenvalue weighted by Crippen LogP contribution is -2.21. The van der Waals surface area contributed by atoms with Gasteiger partial charge in [0, 0.05) is 26.7 Å². The number of aromatic nitrogens is 2. The molecule has 1 aliphatic rings. The van der Waals surface area contributed by atoms with Crippen LogP contribution in [-0.4, -0.2) is 43.1 Å². The van der Waals surface area contributed by atoms with Crippen molar-refractivity contribution in [3.63, 3.8) is 0 Å². The van der Waals surface area contributed by atoms with Crippen molar-refractivity contribution in [2.45, 2.75) is 31.8 Å². The van der Waals surface area contributed by atoms with Crippen LogP contribution in [0, 0.1) is 0 Å². The SMILES string of the molecule is COCCNc1nc(CC2CCCCO2)no1. The maximum atomic E-state index is 5.63. The van der Waals surface area contributed by atoms with Gasteiger partial charge in [-0.15, -0.1) is 0 Å². The summed E-state index contributed by atoms with van der Waals surface area (Å²) < 4.78 is 15.6. The highest BCUT2D eigenvalue weighted by molar-refractivity contribution is 5.17. The highest BCUT2D eigenvalue weighted by atomic mass is 16.5. The van der Waals surface area contributed by atoms with Crippen LogP contribution in [0.2, 0.25) is 0 Å². The summed E-state index contributed by atoms with van der Waals surface area (Å²) in [4.78, 5) is 4.25. The molecule has 2 heterocycles. The normalized spacial score (nSPS) is 20.4. The molecule has 0 radical (unpaired) electrons. The number of hydrogen-bond donors (Lipinski definition) is 1. The second-order valence-electron chi connectivity index (χ2n) is 4.13. The Hall–Kier alpha value is -1.14. The molecule has 6 heteroatoms. The quantitative estimate of drug-likeness (QED) is 0.756. The molecule has 1 unspecified atom stereocenters. The van der Waals surface area contributed by atoms with Gasteiger partial charge in [0.1, 0.15) is 0 Å². The first-order valence-electron chi connectivity index (χ1n) is 6.05. The number of rotatable bonds is 6. The molecule has 2 rings (SSSR count). The monoisotopic (exact) mass is 241 g/mol. The molecule has 1 saturated heterocycles. The van der Waals surface area contributed by atoms with Crippen molar-refractivity contribution in [2.75, 3.05) is 32.2 Å². The van der Waals surface area contributed by atoms with Crippen LogP contribution in [-0.2, 0) is 15.9 Å². The average Bonchev–Trinajstić information content (AvgIpc) is 2.79. The minimum absolute atomic E-state index is 0.244. The molecule has 1 aromatic heterocycles. The molecular weight excluding hydrogens is 222 g/mol. The van der Waals surface area contributed by atoms with Gasteiger partial charge in [0.25, 0.3) is 0 Å². The van der Waals surface area contributed by atoms with Crippen molar-refractivity contribution in [1.29, 1.82) is 0 Å². The minimum Gasteiger partial charge on any atom is -0.383 e. The molecule has 0 spiro atoms. The summed E-state index contributed by atoms with van der Waals surface area (Å²) in [5, 5.41) is 6.92. The molecule has 0 aromatic carbocycles. The van der Waals surface area contributed by atoms with E-state index in [1.807, 2.05) is 0 Å². The predicted molar refractivity (Wildman–Crippen MR) is 62.0 cm³/mol. The van der Waals surface area contributed by atoms with Gasteiger partial charge in [-0.05, 0) is 19.3 Å².